The Kier molecular flexibility index (Phi) is 7.91. The van der Waals surface area contributed by atoms with Crippen LogP contribution in [0.25, 0.3) is 10.9 Å². The number of rotatable bonds is 9. The number of carbonyl (C=O) groups is 2. The van der Waals surface area contributed by atoms with Gasteiger partial charge in [-0.3, -0.25) is 13.9 Å². The van der Waals surface area contributed by atoms with E-state index in [2.05, 4.69) is 4.98 Å². The molecule has 4 aromatic rings. The second kappa shape index (κ2) is 11.2. The van der Waals surface area contributed by atoms with Crippen LogP contribution in [-0.4, -0.2) is 73.0 Å². The van der Waals surface area contributed by atoms with Crippen LogP contribution in [-0.2, 0) is 26.0 Å². The van der Waals surface area contributed by atoms with E-state index in [-0.39, 0.29) is 24.5 Å². The van der Waals surface area contributed by atoms with Gasteiger partial charge in [0.05, 0.1) is 40.8 Å². The third-order valence-electron chi connectivity index (χ3n) is 6.12. The number of likely N-dealkylation sites (N-methyl/N-ethyl adjacent to an activating group) is 1. The Balaban J connectivity index is 1.81. The van der Waals surface area contributed by atoms with Crippen LogP contribution in [0.5, 0.6) is 5.88 Å². The van der Waals surface area contributed by atoms with Gasteiger partial charge >= 0.3 is 5.97 Å². The van der Waals surface area contributed by atoms with Crippen LogP contribution >= 0.6 is 0 Å². The van der Waals surface area contributed by atoms with Gasteiger partial charge in [-0.2, -0.15) is 0 Å². The van der Waals surface area contributed by atoms with Crippen LogP contribution < -0.4 is 4.31 Å². The molecule has 0 saturated heterocycles. The molecule has 0 saturated carbocycles. The number of amides is 1. The van der Waals surface area contributed by atoms with Crippen molar-refractivity contribution in [3.05, 3.63) is 89.2 Å². The first-order valence-electron chi connectivity index (χ1n) is 12.0. The number of aromatic amines is 1. The third kappa shape index (κ3) is 6.29. The molecular formula is C28H27FN4O6S. The number of aliphatic carboxylic acids is 1. The topological polar surface area (TPSA) is 143 Å². The highest BCUT2D eigenvalue weighted by Gasteiger charge is 2.22. The lowest BCUT2D eigenvalue weighted by atomic mass is 9.99. The number of carbonyl (C=O) groups excluding carboxylic acids is 1. The number of carboxylic acids is 1. The smallest absolute Gasteiger partial charge is 0.307 e. The molecule has 0 atom stereocenters. The quantitative estimate of drug-likeness (QED) is 0.264. The highest BCUT2D eigenvalue weighted by Crippen LogP contribution is 2.32. The molecule has 3 aromatic carbocycles. The van der Waals surface area contributed by atoms with E-state index in [1.807, 2.05) is 0 Å². The zero-order chi connectivity index (χ0) is 29.2. The van der Waals surface area contributed by atoms with Crippen LogP contribution in [0.1, 0.15) is 16.7 Å². The fourth-order valence-corrected chi connectivity index (χ4v) is 4.95. The van der Waals surface area contributed by atoms with Gasteiger partial charge in [-0.1, -0.05) is 24.3 Å². The van der Waals surface area contributed by atoms with Gasteiger partial charge in [-0.15, -0.1) is 0 Å². The number of nitrogens with zero attached hydrogens (tertiary/aromatic N) is 3. The van der Waals surface area contributed by atoms with Crippen molar-refractivity contribution in [2.45, 2.75) is 6.42 Å². The normalized spacial score (nSPS) is 11.9. The minimum Gasteiger partial charge on any atom is -0.494 e. The molecule has 0 aliphatic carbocycles. The number of nitrogens with one attached hydrogen (secondary N) is 1. The number of hydrogen-bond acceptors (Lipinski definition) is 6. The van der Waals surface area contributed by atoms with Gasteiger partial charge in [0.25, 0.3) is 0 Å². The van der Waals surface area contributed by atoms with Crippen LogP contribution in [0.3, 0.4) is 0 Å². The summed E-state index contributed by atoms with van der Waals surface area (Å²) in [6.07, 6.45) is 0.843. The van der Waals surface area contributed by atoms with Gasteiger partial charge in [0.2, 0.25) is 15.9 Å². The molecule has 1 heterocycles. The molecule has 1 amide bonds. The van der Waals surface area contributed by atoms with Crippen molar-refractivity contribution in [1.82, 2.24) is 9.88 Å². The Bertz CT molecular complexity index is 1710. The summed E-state index contributed by atoms with van der Waals surface area (Å²) in [5, 5.41) is 20.4. The summed E-state index contributed by atoms with van der Waals surface area (Å²) in [6.45, 7) is -0.373. The van der Waals surface area contributed by atoms with E-state index in [1.54, 1.807) is 36.4 Å². The monoisotopic (exact) mass is 566 g/mol. The number of hydrogen-bond donors (Lipinski definition) is 3. The van der Waals surface area contributed by atoms with Crippen LogP contribution in [0, 0.1) is 5.82 Å². The number of H-pyrrole nitrogens is 1. The molecule has 0 radical (unpaired) electrons. The molecule has 0 aliphatic heterocycles. The van der Waals surface area contributed by atoms with Crippen LogP contribution in [0.15, 0.2) is 71.7 Å². The Hall–Kier alpha value is -4.71. The Morgan fingerprint density at radius 3 is 2.23 bits per heavy atom. The first-order chi connectivity index (χ1) is 18.8. The highest BCUT2D eigenvalue weighted by atomic mass is 32.2. The number of aliphatic imine (C=N–C) groups is 1. The number of benzene rings is 3. The van der Waals surface area contributed by atoms with Crippen molar-refractivity contribution < 1.29 is 32.6 Å². The van der Waals surface area contributed by atoms with E-state index < -0.39 is 27.7 Å². The molecular weight excluding hydrogens is 539 g/mol. The number of aromatic hydroxyl groups is 1. The predicted molar refractivity (Wildman–Crippen MR) is 150 cm³/mol. The Morgan fingerprint density at radius 2 is 1.65 bits per heavy atom. The number of sulfonamides is 1. The van der Waals surface area contributed by atoms with E-state index >= 15 is 0 Å². The molecule has 12 heteroatoms. The summed E-state index contributed by atoms with van der Waals surface area (Å²) >= 11 is 0. The highest BCUT2D eigenvalue weighted by molar-refractivity contribution is 7.92. The van der Waals surface area contributed by atoms with Gasteiger partial charge in [-0.25, -0.2) is 17.8 Å². The van der Waals surface area contributed by atoms with E-state index in [0.717, 1.165) is 10.6 Å². The lowest BCUT2D eigenvalue weighted by Gasteiger charge is -2.23. The maximum atomic E-state index is 13.9. The summed E-state index contributed by atoms with van der Waals surface area (Å²) in [7, 11) is -0.702. The van der Waals surface area contributed by atoms with Gasteiger partial charge < -0.3 is 20.1 Å². The minimum atomic E-state index is -3.77. The standard InChI is InChI=1S/C28H27FN4O6S/c1-32(2)24(34)16-33(40(3,38)39)21-11-9-20(10-12-21)30-27(18-6-4-17(5-7-18)14-25(35)36)26-22-13-8-19(29)15-23(22)31-28(26)37/h4-13,15,31,37H,14,16H2,1-3H3,(H,35,36). The molecule has 208 valence electrons. The molecule has 40 heavy (non-hydrogen) atoms. The van der Waals surface area contributed by atoms with Gasteiger partial charge in [0, 0.05) is 25.0 Å². The molecule has 4 rings (SSSR count). The van der Waals surface area contributed by atoms with E-state index in [4.69, 9.17) is 10.1 Å². The molecule has 1 aromatic heterocycles. The second-order valence-electron chi connectivity index (χ2n) is 9.34. The van der Waals surface area contributed by atoms with Gasteiger partial charge in [-0.05, 0) is 48.0 Å². The predicted octanol–water partition coefficient (Wildman–Crippen LogP) is 3.66. The van der Waals surface area contributed by atoms with Gasteiger partial charge in [0.1, 0.15) is 12.4 Å². The summed E-state index contributed by atoms with van der Waals surface area (Å²) in [6, 6.07) is 16.8. The first kappa shape index (κ1) is 28.3. The number of halogens is 1. The van der Waals surface area contributed by atoms with Crippen molar-refractivity contribution >= 4 is 49.9 Å². The second-order valence-corrected chi connectivity index (χ2v) is 11.2. The zero-order valence-electron chi connectivity index (χ0n) is 21.9. The number of fused-ring (bicyclic) bond motifs is 1. The molecule has 0 unspecified atom stereocenters. The van der Waals surface area contributed by atoms with Crippen molar-refractivity contribution in [3.8, 4) is 5.88 Å². The SMILES string of the molecule is CN(C)C(=O)CN(c1ccc(N=C(c2ccc(CC(=O)O)cc2)c2c(O)[nH]c3cc(F)ccc23)cc1)S(C)(=O)=O. The third-order valence-corrected chi connectivity index (χ3v) is 7.26. The summed E-state index contributed by atoms with van der Waals surface area (Å²) in [4.78, 5) is 32.1. The largest absolute Gasteiger partial charge is 0.494 e. The van der Waals surface area contributed by atoms with Crippen molar-refractivity contribution in [3.63, 3.8) is 0 Å². The van der Waals surface area contributed by atoms with Crippen molar-refractivity contribution in [1.29, 1.82) is 0 Å². The van der Waals surface area contributed by atoms with Crippen molar-refractivity contribution in [2.24, 2.45) is 4.99 Å². The number of aromatic nitrogens is 1. The van der Waals surface area contributed by atoms with E-state index in [1.165, 1.54) is 49.3 Å². The van der Waals surface area contributed by atoms with Crippen LogP contribution in [0.2, 0.25) is 0 Å². The lowest BCUT2D eigenvalue weighted by Crippen LogP contribution is -2.39. The fraction of sp³-hybridized carbons (Fsp3) is 0.179. The molecule has 0 spiro atoms. The lowest BCUT2D eigenvalue weighted by molar-refractivity contribution is -0.136. The number of carboxylic acid groups (broad SMARTS) is 1. The fourth-order valence-electron chi connectivity index (χ4n) is 4.10. The van der Waals surface area contributed by atoms with E-state index in [9.17, 15) is 27.5 Å². The molecule has 0 bridgehead atoms. The van der Waals surface area contributed by atoms with Crippen molar-refractivity contribution in [2.75, 3.05) is 31.2 Å². The average Bonchev–Trinajstić information content (AvgIpc) is 3.20. The Morgan fingerprint density at radius 1 is 1.00 bits per heavy atom. The molecule has 3 N–H and O–H groups in total. The Labute approximate surface area is 230 Å². The molecule has 0 fully saturated rings. The van der Waals surface area contributed by atoms with Crippen LogP contribution in [0.4, 0.5) is 15.8 Å². The summed E-state index contributed by atoms with van der Waals surface area (Å²) in [5.74, 6) is -2.10. The maximum absolute atomic E-state index is 13.9. The number of anilines is 1. The molecule has 0 aliphatic rings. The maximum Gasteiger partial charge on any atom is 0.307 e. The van der Waals surface area contributed by atoms with Gasteiger partial charge in [0.15, 0.2) is 5.88 Å². The minimum absolute atomic E-state index is 0.168. The zero-order valence-corrected chi connectivity index (χ0v) is 22.7. The summed E-state index contributed by atoms with van der Waals surface area (Å²) in [5.41, 5.74) is 2.75. The average molecular weight is 567 g/mol. The molecule has 10 nitrogen and oxygen atoms in total. The summed E-state index contributed by atoms with van der Waals surface area (Å²) < 4.78 is 39.7. The first-order valence-corrected chi connectivity index (χ1v) is 13.9. The van der Waals surface area contributed by atoms with E-state index in [0.29, 0.717) is 39.0 Å².